The van der Waals surface area contributed by atoms with Crippen molar-refractivity contribution < 1.29 is 4.79 Å². The van der Waals surface area contributed by atoms with Gasteiger partial charge in [-0.15, -0.1) is 0 Å². The minimum atomic E-state index is -0.354. The first kappa shape index (κ1) is 15.3. The molecule has 1 atom stereocenters. The number of hydrogen-bond donors (Lipinski definition) is 1. The Hall–Kier alpha value is -1.10. The van der Waals surface area contributed by atoms with E-state index in [4.69, 9.17) is 23.2 Å². The molecule has 20 heavy (non-hydrogen) atoms. The average Bonchev–Trinajstić information content (AvgIpc) is 2.42. The van der Waals surface area contributed by atoms with E-state index in [-0.39, 0.29) is 27.8 Å². The molecule has 2 aromatic rings. The molecule has 0 aliphatic carbocycles. The zero-order valence-electron chi connectivity index (χ0n) is 10.5. The number of hydrogen-bond acceptors (Lipinski definition) is 2. The first-order valence-electron chi connectivity index (χ1n) is 5.86. The summed E-state index contributed by atoms with van der Waals surface area (Å²) in [5, 5.41) is 3.35. The van der Waals surface area contributed by atoms with Gasteiger partial charge in [0.25, 0.3) is 5.91 Å². The van der Waals surface area contributed by atoms with Crippen molar-refractivity contribution in [3.63, 3.8) is 0 Å². The van der Waals surface area contributed by atoms with Crippen LogP contribution in [0.25, 0.3) is 0 Å². The lowest BCUT2D eigenvalue weighted by Crippen LogP contribution is -2.27. The van der Waals surface area contributed by atoms with Crippen molar-refractivity contribution in [3.05, 3.63) is 62.3 Å². The summed E-state index contributed by atoms with van der Waals surface area (Å²) in [5.41, 5.74) is 1.11. The van der Waals surface area contributed by atoms with Gasteiger partial charge in [-0.25, -0.2) is 4.98 Å². The molecule has 0 saturated carbocycles. The number of carbonyl (C=O) groups excluding carboxylic acids is 1. The smallest absolute Gasteiger partial charge is 0.271 e. The molecule has 0 aliphatic heterocycles. The average molecular weight is 374 g/mol. The highest BCUT2D eigenvalue weighted by atomic mass is 79.9. The predicted octanol–water partition coefficient (Wildman–Crippen LogP) is 4.64. The van der Waals surface area contributed by atoms with Crippen LogP contribution < -0.4 is 5.32 Å². The predicted molar refractivity (Wildman–Crippen MR) is 84.3 cm³/mol. The fraction of sp³-hybridized carbons (Fsp3) is 0.143. The topological polar surface area (TPSA) is 42.0 Å². The van der Waals surface area contributed by atoms with Crippen LogP contribution in [0.1, 0.15) is 29.0 Å². The van der Waals surface area contributed by atoms with Crippen LogP contribution in [0.15, 0.2) is 40.9 Å². The number of rotatable bonds is 3. The van der Waals surface area contributed by atoms with Crippen molar-refractivity contribution in [3.8, 4) is 0 Å². The van der Waals surface area contributed by atoms with Gasteiger partial charge in [0, 0.05) is 4.47 Å². The van der Waals surface area contributed by atoms with Crippen LogP contribution in [0.3, 0.4) is 0 Å². The Morgan fingerprint density at radius 3 is 2.50 bits per heavy atom. The number of nitrogens with one attached hydrogen (secondary N) is 1. The number of pyridine rings is 1. The highest BCUT2D eigenvalue weighted by Crippen LogP contribution is 2.20. The summed E-state index contributed by atoms with van der Waals surface area (Å²) in [6.45, 7) is 1.89. The van der Waals surface area contributed by atoms with Crippen LogP contribution in [0.4, 0.5) is 0 Å². The van der Waals surface area contributed by atoms with Crippen LogP contribution in [0.5, 0.6) is 0 Å². The van der Waals surface area contributed by atoms with E-state index < -0.39 is 0 Å². The molecule has 1 aromatic carbocycles. The molecule has 0 aliphatic rings. The van der Waals surface area contributed by atoms with Gasteiger partial charge in [0.15, 0.2) is 0 Å². The number of nitrogens with zero attached hydrogens (tertiary/aromatic N) is 1. The van der Waals surface area contributed by atoms with E-state index in [1.165, 1.54) is 0 Å². The maximum absolute atomic E-state index is 12.1. The highest BCUT2D eigenvalue weighted by molar-refractivity contribution is 9.10. The molecular formula is C14H11BrCl2N2O. The molecule has 1 N–H and O–H groups in total. The van der Waals surface area contributed by atoms with Gasteiger partial charge >= 0.3 is 0 Å². The zero-order valence-corrected chi connectivity index (χ0v) is 13.6. The Morgan fingerprint density at radius 1 is 1.20 bits per heavy atom. The lowest BCUT2D eigenvalue weighted by atomic mass is 10.1. The van der Waals surface area contributed by atoms with Crippen molar-refractivity contribution >= 4 is 45.0 Å². The number of aromatic nitrogens is 1. The second kappa shape index (κ2) is 6.57. The molecule has 0 fully saturated rings. The standard InChI is InChI=1S/C14H11BrCl2N2O/c1-8(9-2-4-10(15)5-3-9)18-14(20)13-11(16)6-7-12(17)19-13/h2-8H,1H3,(H,18,20)/t8-/m0/s1. The molecule has 1 aromatic heterocycles. The van der Waals surface area contributed by atoms with E-state index >= 15 is 0 Å². The number of carbonyl (C=O) groups is 1. The summed E-state index contributed by atoms with van der Waals surface area (Å²) in [5.74, 6) is -0.354. The minimum absolute atomic E-state index is 0.128. The maximum atomic E-state index is 12.1. The van der Waals surface area contributed by atoms with E-state index in [1.807, 2.05) is 31.2 Å². The molecule has 1 amide bonds. The monoisotopic (exact) mass is 372 g/mol. The van der Waals surface area contributed by atoms with Crippen LogP contribution in [-0.4, -0.2) is 10.9 Å². The van der Waals surface area contributed by atoms with Crippen molar-refractivity contribution in [2.45, 2.75) is 13.0 Å². The largest absolute Gasteiger partial charge is 0.344 e. The third kappa shape index (κ3) is 3.72. The van der Waals surface area contributed by atoms with Crippen molar-refractivity contribution in [2.24, 2.45) is 0 Å². The summed E-state index contributed by atoms with van der Waals surface area (Å²) in [6, 6.07) is 10.6. The SMILES string of the molecule is C[C@H](NC(=O)c1nc(Cl)ccc1Cl)c1ccc(Br)cc1. The van der Waals surface area contributed by atoms with Gasteiger partial charge in [0.05, 0.1) is 11.1 Å². The van der Waals surface area contributed by atoms with Crippen molar-refractivity contribution in [1.29, 1.82) is 0 Å². The van der Waals surface area contributed by atoms with E-state index in [0.29, 0.717) is 0 Å². The lowest BCUT2D eigenvalue weighted by Gasteiger charge is -2.14. The van der Waals surface area contributed by atoms with E-state index in [2.05, 4.69) is 26.2 Å². The van der Waals surface area contributed by atoms with Gasteiger partial charge in [-0.3, -0.25) is 4.79 Å². The summed E-state index contributed by atoms with van der Waals surface area (Å²) in [4.78, 5) is 16.1. The van der Waals surface area contributed by atoms with Gasteiger partial charge in [-0.1, -0.05) is 51.3 Å². The Bertz CT molecular complexity index is 632. The molecule has 6 heteroatoms. The number of amides is 1. The first-order chi connectivity index (χ1) is 9.47. The molecule has 0 bridgehead atoms. The third-order valence-corrected chi connectivity index (χ3v) is 3.79. The Morgan fingerprint density at radius 2 is 1.85 bits per heavy atom. The van der Waals surface area contributed by atoms with Gasteiger partial charge in [-0.2, -0.15) is 0 Å². The van der Waals surface area contributed by atoms with Gasteiger partial charge in [0.2, 0.25) is 0 Å². The molecule has 0 spiro atoms. The molecule has 0 unspecified atom stereocenters. The number of halogens is 3. The molecule has 1 heterocycles. The molecule has 0 saturated heterocycles. The fourth-order valence-corrected chi connectivity index (χ4v) is 2.28. The Balaban J connectivity index is 2.15. The first-order valence-corrected chi connectivity index (χ1v) is 7.40. The van der Waals surface area contributed by atoms with E-state index in [9.17, 15) is 4.79 Å². The van der Waals surface area contributed by atoms with Crippen LogP contribution in [0, 0.1) is 0 Å². The van der Waals surface area contributed by atoms with E-state index in [0.717, 1.165) is 10.0 Å². The lowest BCUT2D eigenvalue weighted by molar-refractivity contribution is 0.0935. The summed E-state index contributed by atoms with van der Waals surface area (Å²) in [6.07, 6.45) is 0. The van der Waals surface area contributed by atoms with Gasteiger partial charge in [-0.05, 0) is 36.8 Å². The molecule has 0 radical (unpaired) electrons. The summed E-state index contributed by atoms with van der Waals surface area (Å²) in [7, 11) is 0. The van der Waals surface area contributed by atoms with Crippen LogP contribution in [-0.2, 0) is 0 Å². The van der Waals surface area contributed by atoms with Gasteiger partial charge in [0.1, 0.15) is 10.8 Å². The highest BCUT2D eigenvalue weighted by Gasteiger charge is 2.16. The summed E-state index contributed by atoms with van der Waals surface area (Å²) < 4.78 is 0.985. The molecular weight excluding hydrogens is 363 g/mol. The normalized spacial score (nSPS) is 12.0. The van der Waals surface area contributed by atoms with Crippen LogP contribution in [0.2, 0.25) is 10.2 Å². The number of benzene rings is 1. The quantitative estimate of drug-likeness (QED) is 0.796. The Labute approximate surface area is 135 Å². The van der Waals surface area contributed by atoms with E-state index in [1.54, 1.807) is 12.1 Å². The van der Waals surface area contributed by atoms with Crippen LogP contribution >= 0.6 is 39.1 Å². The molecule has 2 rings (SSSR count). The Kier molecular flexibility index (Phi) is 5.02. The summed E-state index contributed by atoms with van der Waals surface area (Å²) >= 11 is 15.1. The second-order valence-electron chi connectivity index (χ2n) is 4.21. The third-order valence-electron chi connectivity index (χ3n) is 2.74. The minimum Gasteiger partial charge on any atom is -0.344 e. The second-order valence-corrected chi connectivity index (χ2v) is 5.92. The fourth-order valence-electron chi connectivity index (χ4n) is 1.68. The maximum Gasteiger partial charge on any atom is 0.271 e. The van der Waals surface area contributed by atoms with Crippen molar-refractivity contribution in [2.75, 3.05) is 0 Å². The molecule has 3 nitrogen and oxygen atoms in total. The van der Waals surface area contributed by atoms with Gasteiger partial charge < -0.3 is 5.32 Å². The van der Waals surface area contributed by atoms with Crippen molar-refractivity contribution in [1.82, 2.24) is 10.3 Å². The molecule has 104 valence electrons. The zero-order chi connectivity index (χ0) is 14.7.